The first-order chi connectivity index (χ1) is 25.3. The third kappa shape index (κ3) is 38.2. The molecule has 0 spiro atoms. The van der Waals surface area contributed by atoms with Gasteiger partial charge in [0.15, 0.2) is 6.10 Å². The van der Waals surface area contributed by atoms with Crippen molar-refractivity contribution in [3.63, 3.8) is 0 Å². The quantitative estimate of drug-likeness (QED) is 0.0271. The molecule has 3 N–H and O–H groups in total. The van der Waals surface area contributed by atoms with Gasteiger partial charge in [-0.3, -0.25) is 18.6 Å². The van der Waals surface area contributed by atoms with Gasteiger partial charge < -0.3 is 20.1 Å². The minimum Gasteiger partial charge on any atom is -0.462 e. The van der Waals surface area contributed by atoms with Crippen molar-refractivity contribution in [3.05, 3.63) is 24.3 Å². The largest absolute Gasteiger partial charge is 0.472 e. The van der Waals surface area contributed by atoms with E-state index in [9.17, 15) is 19.0 Å². The van der Waals surface area contributed by atoms with Crippen LogP contribution in [0, 0.1) is 0 Å². The molecular formula is C42H80NO8P. The summed E-state index contributed by atoms with van der Waals surface area (Å²) in [5, 5.41) is 0. The summed E-state index contributed by atoms with van der Waals surface area (Å²) in [6.45, 7) is 3.71. The number of rotatable bonds is 40. The van der Waals surface area contributed by atoms with Crippen molar-refractivity contribution in [3.8, 4) is 0 Å². The Morgan fingerprint density at radius 2 is 0.981 bits per heavy atom. The predicted octanol–water partition coefficient (Wildman–Crippen LogP) is 12.0. The molecule has 52 heavy (non-hydrogen) atoms. The Hall–Kier alpha value is -1.51. The molecule has 0 aromatic carbocycles. The fourth-order valence-electron chi connectivity index (χ4n) is 5.92. The van der Waals surface area contributed by atoms with E-state index < -0.39 is 32.5 Å². The van der Waals surface area contributed by atoms with Crippen LogP contribution in [0.2, 0.25) is 0 Å². The van der Waals surface area contributed by atoms with Crippen LogP contribution in [0.3, 0.4) is 0 Å². The van der Waals surface area contributed by atoms with Crippen LogP contribution in [0.4, 0.5) is 0 Å². The van der Waals surface area contributed by atoms with Gasteiger partial charge in [0.25, 0.3) is 0 Å². The highest BCUT2D eigenvalue weighted by Gasteiger charge is 2.26. The van der Waals surface area contributed by atoms with Crippen LogP contribution in [0.1, 0.15) is 200 Å². The molecule has 0 aliphatic rings. The Kier molecular flexibility index (Phi) is 38.1. The Morgan fingerprint density at radius 1 is 0.577 bits per heavy atom. The first kappa shape index (κ1) is 50.5. The Labute approximate surface area is 319 Å². The molecule has 0 heterocycles. The molecule has 0 fully saturated rings. The average Bonchev–Trinajstić information content (AvgIpc) is 3.13. The second kappa shape index (κ2) is 39.2. The summed E-state index contributed by atoms with van der Waals surface area (Å²) in [5.74, 6) is -0.839. The summed E-state index contributed by atoms with van der Waals surface area (Å²) in [7, 11) is -4.37. The fraction of sp³-hybridized carbons (Fsp3) is 0.857. The zero-order valence-electron chi connectivity index (χ0n) is 33.6. The van der Waals surface area contributed by atoms with Crippen molar-refractivity contribution in [2.24, 2.45) is 5.73 Å². The van der Waals surface area contributed by atoms with Gasteiger partial charge in [-0.2, -0.15) is 0 Å². The maximum Gasteiger partial charge on any atom is 0.472 e. The highest BCUT2D eigenvalue weighted by atomic mass is 31.2. The number of unbranched alkanes of at least 4 members (excludes halogenated alkanes) is 24. The number of carbonyl (C=O) groups is 2. The van der Waals surface area contributed by atoms with Crippen LogP contribution in [0.25, 0.3) is 0 Å². The Bertz CT molecular complexity index is 912. The third-order valence-corrected chi connectivity index (χ3v) is 10.1. The first-order valence-electron chi connectivity index (χ1n) is 21.3. The number of esters is 2. The molecule has 0 aromatic heterocycles. The monoisotopic (exact) mass is 758 g/mol. The molecule has 2 atom stereocenters. The highest BCUT2D eigenvalue weighted by Crippen LogP contribution is 2.43. The van der Waals surface area contributed by atoms with E-state index in [0.29, 0.717) is 12.8 Å². The van der Waals surface area contributed by atoms with Crippen molar-refractivity contribution >= 4 is 19.8 Å². The van der Waals surface area contributed by atoms with E-state index in [4.69, 9.17) is 24.3 Å². The molecule has 0 amide bonds. The van der Waals surface area contributed by atoms with E-state index in [2.05, 4.69) is 38.2 Å². The number of ether oxygens (including phenoxy) is 2. The number of phosphoric ester groups is 1. The molecule has 0 saturated heterocycles. The molecule has 10 heteroatoms. The Balaban J connectivity index is 4.17. The van der Waals surface area contributed by atoms with E-state index in [1.54, 1.807) is 0 Å². The summed E-state index contributed by atoms with van der Waals surface area (Å²) >= 11 is 0. The van der Waals surface area contributed by atoms with Crippen molar-refractivity contribution in [2.75, 3.05) is 26.4 Å². The molecule has 1 unspecified atom stereocenters. The molecule has 0 radical (unpaired) electrons. The van der Waals surface area contributed by atoms with Gasteiger partial charge in [0, 0.05) is 19.4 Å². The molecular weight excluding hydrogens is 677 g/mol. The number of nitrogens with two attached hydrogens (primary N) is 1. The van der Waals surface area contributed by atoms with Crippen LogP contribution in [-0.4, -0.2) is 49.3 Å². The van der Waals surface area contributed by atoms with Crippen molar-refractivity contribution in [1.29, 1.82) is 0 Å². The maximum atomic E-state index is 12.6. The number of hydrogen-bond donors (Lipinski definition) is 2. The molecule has 306 valence electrons. The first-order valence-corrected chi connectivity index (χ1v) is 22.8. The second-order valence-electron chi connectivity index (χ2n) is 14.2. The highest BCUT2D eigenvalue weighted by molar-refractivity contribution is 7.47. The lowest BCUT2D eigenvalue weighted by Gasteiger charge is -2.19. The minimum atomic E-state index is -4.37. The third-order valence-electron chi connectivity index (χ3n) is 9.12. The predicted molar refractivity (Wildman–Crippen MR) is 215 cm³/mol. The molecule has 0 bridgehead atoms. The van der Waals surface area contributed by atoms with Gasteiger partial charge in [0.1, 0.15) is 6.61 Å². The van der Waals surface area contributed by atoms with Crippen LogP contribution in [0.5, 0.6) is 0 Å². The lowest BCUT2D eigenvalue weighted by Crippen LogP contribution is -2.29. The molecule has 0 aliphatic carbocycles. The summed E-state index contributed by atoms with van der Waals surface area (Å²) in [5.41, 5.74) is 5.34. The number of carbonyl (C=O) groups excluding carboxylic acids is 2. The van der Waals surface area contributed by atoms with Crippen LogP contribution in [0.15, 0.2) is 24.3 Å². The molecule has 0 saturated carbocycles. The van der Waals surface area contributed by atoms with Crippen molar-refractivity contribution < 1.29 is 37.6 Å². The van der Waals surface area contributed by atoms with Gasteiger partial charge in [0.05, 0.1) is 13.2 Å². The van der Waals surface area contributed by atoms with Crippen LogP contribution < -0.4 is 5.73 Å². The number of hydrogen-bond acceptors (Lipinski definition) is 8. The summed E-state index contributed by atoms with van der Waals surface area (Å²) < 4.78 is 32.7. The standard InChI is InChI=1S/C42H80NO8P/c1-3-5-7-9-11-13-15-17-19-21-23-25-27-29-31-33-35-42(45)51-40(39-50-52(46,47)49-37-36-43)38-48-41(44)34-32-30-28-26-24-22-20-18-16-14-12-10-8-6-4-2/h14,16,18,20,40H,3-13,15,17,19,21-39,43H2,1-2H3,(H,46,47)/b16-14+,20-18+/t40-/m1/s1. The van der Waals surface area contributed by atoms with E-state index >= 15 is 0 Å². The number of allylic oxidation sites excluding steroid dienone is 4. The van der Waals surface area contributed by atoms with Gasteiger partial charge in [0.2, 0.25) is 0 Å². The van der Waals surface area contributed by atoms with Crippen LogP contribution in [-0.2, 0) is 32.7 Å². The smallest absolute Gasteiger partial charge is 0.462 e. The average molecular weight is 758 g/mol. The van der Waals surface area contributed by atoms with Gasteiger partial charge in [-0.1, -0.05) is 173 Å². The maximum absolute atomic E-state index is 12.6. The molecule has 9 nitrogen and oxygen atoms in total. The van der Waals surface area contributed by atoms with Gasteiger partial charge in [-0.05, 0) is 38.5 Å². The summed E-state index contributed by atoms with van der Waals surface area (Å²) in [6.07, 6.45) is 40.6. The van der Waals surface area contributed by atoms with Gasteiger partial charge >= 0.3 is 19.8 Å². The summed E-state index contributed by atoms with van der Waals surface area (Å²) in [6, 6.07) is 0. The summed E-state index contributed by atoms with van der Waals surface area (Å²) in [4.78, 5) is 34.8. The molecule has 0 aliphatic heterocycles. The SMILES string of the molecule is CCCCCC/C=C/C=C/CCCCCCCC(=O)OC[C@H](COP(=O)(O)OCCN)OC(=O)CCCCCCCCCCCCCCCCCC. The molecule has 0 rings (SSSR count). The van der Waals surface area contributed by atoms with E-state index in [1.807, 2.05) is 0 Å². The zero-order valence-corrected chi connectivity index (χ0v) is 34.4. The van der Waals surface area contributed by atoms with Crippen LogP contribution >= 0.6 is 7.82 Å². The second-order valence-corrected chi connectivity index (χ2v) is 15.7. The lowest BCUT2D eigenvalue weighted by molar-refractivity contribution is -0.161. The normalized spacial score (nSPS) is 13.5. The van der Waals surface area contributed by atoms with Gasteiger partial charge in [-0.25, -0.2) is 4.57 Å². The fourth-order valence-corrected chi connectivity index (χ4v) is 6.68. The van der Waals surface area contributed by atoms with E-state index in [-0.39, 0.29) is 32.6 Å². The zero-order chi connectivity index (χ0) is 38.2. The van der Waals surface area contributed by atoms with Gasteiger partial charge in [-0.15, -0.1) is 0 Å². The topological polar surface area (TPSA) is 134 Å². The minimum absolute atomic E-state index is 0.0528. The molecule has 0 aromatic rings. The van der Waals surface area contributed by atoms with E-state index in [1.165, 1.54) is 109 Å². The Morgan fingerprint density at radius 3 is 1.44 bits per heavy atom. The van der Waals surface area contributed by atoms with Crippen molar-refractivity contribution in [2.45, 2.75) is 206 Å². The van der Waals surface area contributed by atoms with Crippen molar-refractivity contribution in [1.82, 2.24) is 0 Å². The lowest BCUT2D eigenvalue weighted by atomic mass is 10.0. The number of phosphoric acid groups is 1. The van der Waals surface area contributed by atoms with E-state index in [0.717, 1.165) is 51.4 Å².